The van der Waals surface area contributed by atoms with E-state index in [4.69, 9.17) is 10.6 Å². The van der Waals surface area contributed by atoms with Gasteiger partial charge in [0.2, 0.25) is 0 Å². The van der Waals surface area contributed by atoms with Gasteiger partial charge in [0.25, 0.3) is 5.91 Å². The minimum Gasteiger partial charge on any atom is -0.385 e. The Morgan fingerprint density at radius 3 is 2.68 bits per heavy atom. The predicted octanol–water partition coefficient (Wildman–Crippen LogP) is -0.0917. The standard InChI is InChI=1S/C10H15N5O3S/c1-3-15(4-2)8(17)6-18-13-7(5-16)9-12-10(11)19-14-9/h5H,3-4,6H2,1-2H3,(H2,11,12,14). The Bertz CT molecular complexity index is 469. The number of amides is 1. The zero-order chi connectivity index (χ0) is 14.3. The Morgan fingerprint density at radius 2 is 2.21 bits per heavy atom. The molecule has 0 aliphatic rings. The molecule has 0 unspecified atom stereocenters. The van der Waals surface area contributed by atoms with Crippen LogP contribution in [0.2, 0.25) is 0 Å². The number of hydrogen-bond acceptors (Lipinski definition) is 8. The van der Waals surface area contributed by atoms with Crippen molar-refractivity contribution < 1.29 is 14.4 Å². The number of carbonyl (C=O) groups excluding carboxylic acids is 2. The second kappa shape index (κ2) is 7.41. The first-order chi connectivity index (χ1) is 9.12. The summed E-state index contributed by atoms with van der Waals surface area (Å²) in [4.78, 5) is 32.7. The second-order valence-electron chi connectivity index (χ2n) is 3.39. The van der Waals surface area contributed by atoms with Crippen LogP contribution in [0.25, 0.3) is 0 Å². The fourth-order valence-electron chi connectivity index (χ4n) is 1.28. The van der Waals surface area contributed by atoms with E-state index in [-0.39, 0.29) is 29.2 Å². The number of nitrogens with two attached hydrogens (primary N) is 1. The molecule has 0 saturated carbocycles. The van der Waals surface area contributed by atoms with Crippen LogP contribution in [0.5, 0.6) is 0 Å². The van der Waals surface area contributed by atoms with Crippen molar-refractivity contribution in [3.63, 3.8) is 0 Å². The second-order valence-corrected chi connectivity index (χ2v) is 4.17. The molecule has 0 saturated heterocycles. The van der Waals surface area contributed by atoms with Gasteiger partial charge in [0.1, 0.15) is 0 Å². The molecule has 19 heavy (non-hydrogen) atoms. The van der Waals surface area contributed by atoms with Crippen molar-refractivity contribution in [2.45, 2.75) is 13.8 Å². The summed E-state index contributed by atoms with van der Waals surface area (Å²) in [5.74, 6) is -0.113. The van der Waals surface area contributed by atoms with Gasteiger partial charge in [-0.3, -0.25) is 9.59 Å². The molecule has 0 fully saturated rings. The molecule has 1 aromatic heterocycles. The molecule has 0 aromatic carbocycles. The van der Waals surface area contributed by atoms with Crippen molar-refractivity contribution in [2.75, 3.05) is 25.4 Å². The lowest BCUT2D eigenvalue weighted by molar-refractivity contribution is -0.135. The van der Waals surface area contributed by atoms with Crippen LogP contribution in [0, 0.1) is 0 Å². The Balaban J connectivity index is 2.59. The highest BCUT2D eigenvalue weighted by Gasteiger charge is 2.12. The number of oxime groups is 1. The molecule has 1 aromatic rings. The molecule has 0 spiro atoms. The van der Waals surface area contributed by atoms with Gasteiger partial charge in [-0.15, -0.1) is 0 Å². The molecule has 0 aliphatic heterocycles. The van der Waals surface area contributed by atoms with Crippen molar-refractivity contribution in [3.05, 3.63) is 5.82 Å². The maximum Gasteiger partial charge on any atom is 0.263 e. The first-order valence-electron chi connectivity index (χ1n) is 5.64. The van der Waals surface area contributed by atoms with Gasteiger partial charge in [-0.1, -0.05) is 5.16 Å². The molecular formula is C10H15N5O3S. The SMILES string of the molecule is CCN(CC)C(=O)CON=C(C=O)c1nsc(N)n1. The summed E-state index contributed by atoms with van der Waals surface area (Å²) in [5.41, 5.74) is 5.30. The molecule has 1 amide bonds. The van der Waals surface area contributed by atoms with E-state index in [9.17, 15) is 9.59 Å². The normalized spacial score (nSPS) is 11.2. The van der Waals surface area contributed by atoms with Gasteiger partial charge < -0.3 is 15.5 Å². The molecule has 0 radical (unpaired) electrons. The molecule has 0 aliphatic carbocycles. The quantitative estimate of drug-likeness (QED) is 0.426. The monoisotopic (exact) mass is 285 g/mol. The van der Waals surface area contributed by atoms with Crippen molar-refractivity contribution in [3.8, 4) is 0 Å². The topological polar surface area (TPSA) is 111 Å². The predicted molar refractivity (Wildman–Crippen MR) is 70.8 cm³/mol. The Hall–Kier alpha value is -2.03. The minimum absolute atomic E-state index is 0.0905. The first-order valence-corrected chi connectivity index (χ1v) is 6.42. The van der Waals surface area contributed by atoms with E-state index in [0.29, 0.717) is 19.4 Å². The van der Waals surface area contributed by atoms with Gasteiger partial charge >= 0.3 is 0 Å². The third kappa shape index (κ3) is 4.28. The lowest BCUT2D eigenvalue weighted by atomic mass is 10.4. The minimum atomic E-state index is -0.237. The molecule has 9 heteroatoms. The van der Waals surface area contributed by atoms with Gasteiger partial charge in [-0.25, -0.2) is 0 Å². The van der Waals surface area contributed by atoms with Gasteiger partial charge in [-0.05, 0) is 13.8 Å². The van der Waals surface area contributed by atoms with E-state index in [1.54, 1.807) is 4.90 Å². The van der Waals surface area contributed by atoms with E-state index in [1.165, 1.54) is 0 Å². The van der Waals surface area contributed by atoms with E-state index >= 15 is 0 Å². The van der Waals surface area contributed by atoms with Crippen LogP contribution < -0.4 is 5.73 Å². The van der Waals surface area contributed by atoms with Gasteiger partial charge in [0, 0.05) is 24.6 Å². The Morgan fingerprint density at radius 1 is 1.53 bits per heavy atom. The maximum absolute atomic E-state index is 11.6. The van der Waals surface area contributed by atoms with Crippen LogP contribution in [-0.4, -0.2) is 51.9 Å². The third-order valence-corrected chi connectivity index (χ3v) is 2.79. The highest BCUT2D eigenvalue weighted by molar-refractivity contribution is 7.09. The van der Waals surface area contributed by atoms with Crippen LogP contribution >= 0.6 is 11.5 Å². The molecule has 2 N–H and O–H groups in total. The number of aldehydes is 1. The number of likely N-dealkylation sites (N-methyl/N-ethyl adjacent to an activating group) is 1. The fourth-order valence-corrected chi connectivity index (χ4v) is 1.72. The van der Waals surface area contributed by atoms with Gasteiger partial charge in [-0.2, -0.15) is 9.36 Å². The summed E-state index contributed by atoms with van der Waals surface area (Å²) in [5, 5.41) is 3.77. The van der Waals surface area contributed by atoms with Crippen LogP contribution in [0.4, 0.5) is 5.13 Å². The van der Waals surface area contributed by atoms with Crippen molar-refractivity contribution in [1.29, 1.82) is 0 Å². The fraction of sp³-hybridized carbons (Fsp3) is 0.500. The third-order valence-electron chi connectivity index (χ3n) is 2.25. The van der Waals surface area contributed by atoms with Crippen molar-refractivity contribution >= 4 is 34.6 Å². The van der Waals surface area contributed by atoms with Crippen LogP contribution in [0.15, 0.2) is 5.16 Å². The summed E-state index contributed by atoms with van der Waals surface area (Å²) in [7, 11) is 0. The first kappa shape index (κ1) is 15.0. The summed E-state index contributed by atoms with van der Waals surface area (Å²) >= 11 is 0.946. The molecule has 1 heterocycles. The average molecular weight is 285 g/mol. The van der Waals surface area contributed by atoms with E-state index in [0.717, 1.165) is 11.5 Å². The van der Waals surface area contributed by atoms with E-state index in [1.807, 2.05) is 13.8 Å². The van der Waals surface area contributed by atoms with E-state index < -0.39 is 0 Å². The maximum atomic E-state index is 11.6. The molecule has 8 nitrogen and oxygen atoms in total. The lowest BCUT2D eigenvalue weighted by Gasteiger charge is -2.17. The molecular weight excluding hydrogens is 270 g/mol. The molecule has 1 rings (SSSR count). The zero-order valence-electron chi connectivity index (χ0n) is 10.7. The number of aromatic nitrogens is 2. The average Bonchev–Trinajstić information content (AvgIpc) is 2.82. The summed E-state index contributed by atoms with van der Waals surface area (Å²) < 4.78 is 3.82. The highest BCUT2D eigenvalue weighted by atomic mass is 32.1. The molecule has 0 bridgehead atoms. The number of hydrogen-bond donors (Lipinski definition) is 1. The zero-order valence-corrected chi connectivity index (χ0v) is 11.5. The highest BCUT2D eigenvalue weighted by Crippen LogP contribution is 2.06. The van der Waals surface area contributed by atoms with Gasteiger partial charge in [0.15, 0.2) is 29.6 Å². The molecule has 104 valence electrons. The Kier molecular flexibility index (Phi) is 5.86. The van der Waals surface area contributed by atoms with Crippen molar-refractivity contribution in [1.82, 2.24) is 14.3 Å². The van der Waals surface area contributed by atoms with Crippen LogP contribution in [0.3, 0.4) is 0 Å². The van der Waals surface area contributed by atoms with E-state index in [2.05, 4.69) is 14.5 Å². The Labute approximate surface area is 114 Å². The lowest BCUT2D eigenvalue weighted by Crippen LogP contribution is -2.33. The summed E-state index contributed by atoms with van der Waals surface area (Å²) in [6.07, 6.45) is 0.448. The van der Waals surface area contributed by atoms with Crippen molar-refractivity contribution in [2.24, 2.45) is 5.16 Å². The number of nitrogen functional groups attached to an aromatic ring is 1. The number of nitrogens with zero attached hydrogens (tertiary/aromatic N) is 4. The number of rotatable bonds is 7. The van der Waals surface area contributed by atoms with Crippen LogP contribution in [0.1, 0.15) is 19.7 Å². The summed E-state index contributed by atoms with van der Waals surface area (Å²) in [6.45, 7) is 4.67. The largest absolute Gasteiger partial charge is 0.385 e. The number of carbonyl (C=O) groups is 2. The van der Waals surface area contributed by atoms with Crippen LogP contribution in [-0.2, 0) is 14.4 Å². The number of anilines is 1. The summed E-state index contributed by atoms with van der Waals surface area (Å²) in [6, 6.07) is 0. The molecule has 0 atom stereocenters. The van der Waals surface area contributed by atoms with Gasteiger partial charge in [0.05, 0.1) is 0 Å². The smallest absolute Gasteiger partial charge is 0.263 e.